The molecule has 0 radical (unpaired) electrons. The van der Waals surface area contributed by atoms with Crippen LogP contribution in [0.4, 0.5) is 5.69 Å². The number of carbonyl (C=O) groups is 3. The van der Waals surface area contributed by atoms with Gasteiger partial charge in [0.25, 0.3) is 11.7 Å². The van der Waals surface area contributed by atoms with Gasteiger partial charge >= 0.3 is 0 Å². The molecule has 27 heavy (non-hydrogen) atoms. The van der Waals surface area contributed by atoms with Crippen LogP contribution in [0.15, 0.2) is 54.6 Å². The molecule has 1 fully saturated rings. The minimum atomic E-state index is -0.685. The van der Waals surface area contributed by atoms with E-state index in [2.05, 4.69) is 10.3 Å². The number of fused-ring (bicyclic) bond motifs is 1. The number of hydrogen-bond donors (Lipinski definition) is 2. The second-order valence-corrected chi connectivity index (χ2v) is 6.71. The van der Waals surface area contributed by atoms with Gasteiger partial charge in [0.05, 0.1) is 11.6 Å². The van der Waals surface area contributed by atoms with Gasteiger partial charge in [-0.2, -0.15) is 0 Å². The van der Waals surface area contributed by atoms with Crippen LogP contribution in [-0.2, 0) is 9.59 Å². The number of ketones is 1. The first-order valence-corrected chi connectivity index (χ1v) is 8.82. The Morgan fingerprint density at radius 1 is 1.07 bits per heavy atom. The van der Waals surface area contributed by atoms with E-state index >= 15 is 0 Å². The number of nitrogens with one attached hydrogen (secondary N) is 2. The van der Waals surface area contributed by atoms with E-state index in [0.29, 0.717) is 17.8 Å². The van der Waals surface area contributed by atoms with Crippen LogP contribution in [0.3, 0.4) is 0 Å². The number of hydrogen-bond acceptors (Lipinski definition) is 3. The lowest BCUT2D eigenvalue weighted by atomic mass is 10.1. The molecule has 1 aromatic heterocycles. The minimum absolute atomic E-state index is 0.0674. The molecule has 1 aliphatic heterocycles. The van der Waals surface area contributed by atoms with Crippen LogP contribution in [0.2, 0.25) is 0 Å². The Hall–Kier alpha value is -3.41. The standard InChI is InChI=1S/C21H19N3O3/c1-13-19(16-9-5-6-10-17(16)22-13)20(26)21(27)23-14-11-18(25)24(12-14)15-7-3-2-4-8-15/h2-10,14,22H,11-12H2,1H3,(H,23,27). The van der Waals surface area contributed by atoms with Gasteiger partial charge in [-0.25, -0.2) is 0 Å². The first kappa shape index (κ1) is 17.0. The number of carbonyl (C=O) groups excluding carboxylic acids is 3. The molecule has 3 aromatic rings. The van der Waals surface area contributed by atoms with Gasteiger partial charge in [-0.1, -0.05) is 36.4 Å². The smallest absolute Gasteiger partial charge is 0.292 e. The van der Waals surface area contributed by atoms with Crippen molar-refractivity contribution in [1.29, 1.82) is 0 Å². The van der Waals surface area contributed by atoms with E-state index < -0.39 is 11.7 Å². The largest absolute Gasteiger partial charge is 0.358 e. The van der Waals surface area contributed by atoms with Crippen LogP contribution in [0.1, 0.15) is 22.5 Å². The van der Waals surface area contributed by atoms with E-state index in [-0.39, 0.29) is 18.4 Å². The van der Waals surface area contributed by atoms with Crippen molar-refractivity contribution >= 4 is 34.2 Å². The second kappa shape index (κ2) is 6.72. The molecule has 2 aromatic carbocycles. The Morgan fingerprint density at radius 2 is 1.78 bits per heavy atom. The van der Waals surface area contributed by atoms with Crippen LogP contribution in [0.5, 0.6) is 0 Å². The summed E-state index contributed by atoms with van der Waals surface area (Å²) < 4.78 is 0. The first-order valence-electron chi connectivity index (χ1n) is 8.82. The number of aryl methyl sites for hydroxylation is 1. The molecule has 0 bridgehead atoms. The van der Waals surface area contributed by atoms with Crippen LogP contribution >= 0.6 is 0 Å². The number of aromatic amines is 1. The van der Waals surface area contributed by atoms with Crippen molar-refractivity contribution in [3.8, 4) is 0 Å². The highest BCUT2D eigenvalue weighted by Crippen LogP contribution is 2.23. The summed E-state index contributed by atoms with van der Waals surface area (Å²) in [7, 11) is 0. The van der Waals surface area contributed by atoms with E-state index in [4.69, 9.17) is 0 Å². The molecule has 1 atom stereocenters. The maximum absolute atomic E-state index is 12.7. The molecule has 1 unspecified atom stereocenters. The Labute approximate surface area is 156 Å². The molecule has 0 spiro atoms. The number of H-pyrrole nitrogens is 1. The van der Waals surface area contributed by atoms with E-state index in [9.17, 15) is 14.4 Å². The molecule has 0 saturated carbocycles. The topological polar surface area (TPSA) is 82.3 Å². The van der Waals surface area contributed by atoms with Crippen molar-refractivity contribution in [3.05, 3.63) is 65.9 Å². The Morgan fingerprint density at radius 3 is 2.56 bits per heavy atom. The minimum Gasteiger partial charge on any atom is -0.358 e. The van der Waals surface area contributed by atoms with Crippen LogP contribution in [-0.4, -0.2) is 35.2 Å². The number of anilines is 1. The average molecular weight is 361 g/mol. The van der Waals surface area contributed by atoms with Crippen molar-refractivity contribution < 1.29 is 14.4 Å². The third kappa shape index (κ3) is 3.10. The number of nitrogens with zero attached hydrogens (tertiary/aromatic N) is 1. The van der Waals surface area contributed by atoms with Crippen molar-refractivity contribution in [2.45, 2.75) is 19.4 Å². The maximum atomic E-state index is 12.7. The van der Waals surface area contributed by atoms with Gasteiger partial charge in [0.15, 0.2) is 0 Å². The average Bonchev–Trinajstić information content (AvgIpc) is 3.20. The molecule has 2 heterocycles. The molecule has 6 heteroatoms. The lowest BCUT2D eigenvalue weighted by Crippen LogP contribution is -2.41. The molecule has 6 nitrogen and oxygen atoms in total. The monoisotopic (exact) mass is 361 g/mol. The summed E-state index contributed by atoms with van der Waals surface area (Å²) in [5, 5.41) is 3.45. The number of Topliss-reactive ketones (excluding diaryl/α,β-unsaturated/α-hetero) is 1. The summed E-state index contributed by atoms with van der Waals surface area (Å²) in [6.07, 6.45) is 0.181. The van der Waals surface area contributed by atoms with Crippen molar-refractivity contribution in [3.63, 3.8) is 0 Å². The summed E-state index contributed by atoms with van der Waals surface area (Å²) in [5.74, 6) is -1.34. The summed E-state index contributed by atoms with van der Waals surface area (Å²) >= 11 is 0. The van der Waals surface area contributed by atoms with Gasteiger partial charge in [-0.15, -0.1) is 0 Å². The summed E-state index contributed by atoms with van der Waals surface area (Å²) in [4.78, 5) is 42.3. The third-order valence-corrected chi connectivity index (χ3v) is 4.85. The van der Waals surface area contributed by atoms with Gasteiger partial charge in [-0.05, 0) is 25.1 Å². The number of rotatable bonds is 4. The number of benzene rings is 2. The predicted molar refractivity (Wildman–Crippen MR) is 103 cm³/mol. The molecule has 2 N–H and O–H groups in total. The Bertz CT molecular complexity index is 1040. The zero-order valence-corrected chi connectivity index (χ0v) is 14.9. The Balaban J connectivity index is 1.50. The SMILES string of the molecule is Cc1[nH]c2ccccc2c1C(=O)C(=O)NC1CC(=O)N(c2ccccc2)C1. The van der Waals surface area contributed by atoms with E-state index in [1.165, 1.54) is 0 Å². The number of aromatic nitrogens is 1. The highest BCUT2D eigenvalue weighted by molar-refractivity contribution is 6.45. The third-order valence-electron chi connectivity index (χ3n) is 4.85. The zero-order chi connectivity index (χ0) is 19.0. The van der Waals surface area contributed by atoms with Crippen molar-refractivity contribution in [2.24, 2.45) is 0 Å². The lowest BCUT2D eigenvalue weighted by molar-refractivity contribution is -0.118. The predicted octanol–water partition coefficient (Wildman–Crippen LogP) is 2.58. The normalized spacial score (nSPS) is 16.7. The molecule has 136 valence electrons. The second-order valence-electron chi connectivity index (χ2n) is 6.71. The molecule has 4 rings (SSSR count). The molecule has 1 saturated heterocycles. The summed E-state index contributed by atoms with van der Waals surface area (Å²) in [6.45, 7) is 2.13. The lowest BCUT2D eigenvalue weighted by Gasteiger charge is -2.17. The fourth-order valence-electron chi connectivity index (χ4n) is 3.60. The summed E-state index contributed by atoms with van der Waals surface area (Å²) in [5.41, 5.74) is 2.65. The highest BCUT2D eigenvalue weighted by Gasteiger charge is 2.33. The van der Waals surface area contributed by atoms with E-state index in [1.807, 2.05) is 54.6 Å². The number of amides is 2. The van der Waals surface area contributed by atoms with Crippen LogP contribution in [0.25, 0.3) is 10.9 Å². The van der Waals surface area contributed by atoms with Gasteiger partial charge in [0.1, 0.15) is 0 Å². The highest BCUT2D eigenvalue weighted by atomic mass is 16.2. The fourth-order valence-corrected chi connectivity index (χ4v) is 3.60. The van der Waals surface area contributed by atoms with Crippen LogP contribution in [0, 0.1) is 6.92 Å². The molecule has 0 aliphatic carbocycles. The maximum Gasteiger partial charge on any atom is 0.292 e. The van der Waals surface area contributed by atoms with Crippen LogP contribution < -0.4 is 10.2 Å². The molecule has 1 aliphatic rings. The molecular weight excluding hydrogens is 342 g/mol. The first-order chi connectivity index (χ1) is 13.0. The zero-order valence-electron chi connectivity index (χ0n) is 14.9. The fraction of sp³-hybridized carbons (Fsp3) is 0.190. The Kier molecular flexibility index (Phi) is 4.24. The molecule has 2 amide bonds. The van der Waals surface area contributed by atoms with Gasteiger partial charge < -0.3 is 15.2 Å². The quantitative estimate of drug-likeness (QED) is 0.553. The van der Waals surface area contributed by atoms with E-state index in [1.54, 1.807) is 11.8 Å². The van der Waals surface area contributed by atoms with Crippen molar-refractivity contribution in [1.82, 2.24) is 10.3 Å². The van der Waals surface area contributed by atoms with Gasteiger partial charge in [0, 0.05) is 35.2 Å². The number of para-hydroxylation sites is 2. The summed E-state index contributed by atoms with van der Waals surface area (Å²) in [6, 6.07) is 16.3. The van der Waals surface area contributed by atoms with Crippen molar-refractivity contribution in [2.75, 3.05) is 11.4 Å². The van der Waals surface area contributed by atoms with Gasteiger partial charge in [-0.3, -0.25) is 14.4 Å². The molecular formula is C21H19N3O3. The van der Waals surface area contributed by atoms with Gasteiger partial charge in [0.2, 0.25) is 5.91 Å². The van der Waals surface area contributed by atoms with E-state index in [0.717, 1.165) is 16.6 Å².